The van der Waals surface area contributed by atoms with E-state index >= 15 is 0 Å². The number of aromatic nitrogens is 1. The lowest BCUT2D eigenvalue weighted by Crippen LogP contribution is -2.29. The number of pyridine rings is 1. The molecule has 0 spiro atoms. The Labute approximate surface area is 205 Å². The number of aliphatic hydroxyl groups is 1. The van der Waals surface area contributed by atoms with Gasteiger partial charge in [0.05, 0.1) is 17.9 Å². The summed E-state index contributed by atoms with van der Waals surface area (Å²) in [7, 11) is 0. The Balaban J connectivity index is 1.83. The van der Waals surface area contributed by atoms with Gasteiger partial charge in [0.15, 0.2) is 0 Å². The molecule has 1 N–H and O–H groups in total. The number of rotatable bonds is 7. The van der Waals surface area contributed by atoms with Gasteiger partial charge in [-0.2, -0.15) is 0 Å². The van der Waals surface area contributed by atoms with Crippen LogP contribution in [0.2, 0.25) is 0 Å². The molecule has 1 aromatic heterocycles. The summed E-state index contributed by atoms with van der Waals surface area (Å²) in [5.41, 5.74) is 2.59. The molecular weight excluding hydrogens is 440 g/mol. The Morgan fingerprint density at radius 1 is 1.00 bits per heavy atom. The van der Waals surface area contributed by atoms with Gasteiger partial charge in [0.25, 0.3) is 11.7 Å². The van der Waals surface area contributed by atoms with Crippen LogP contribution in [0.3, 0.4) is 0 Å². The Bertz CT molecular complexity index is 1250. The zero-order valence-electron chi connectivity index (χ0n) is 20.4. The lowest BCUT2D eigenvalue weighted by Gasteiger charge is -2.25. The van der Waals surface area contributed by atoms with E-state index in [9.17, 15) is 14.7 Å². The number of amides is 1. The van der Waals surface area contributed by atoms with Crippen molar-refractivity contribution < 1.29 is 19.4 Å². The SMILES string of the molecule is CC(C)COc1cccc(/C(O)=C2/C(=O)C(=O)N(c3ccc(C(C)C)cc3)C2c2ccccn2)c1. The monoisotopic (exact) mass is 470 g/mol. The number of aliphatic hydroxyl groups excluding tert-OH is 1. The van der Waals surface area contributed by atoms with Crippen LogP contribution >= 0.6 is 0 Å². The number of anilines is 1. The molecule has 4 rings (SSSR count). The Hall–Kier alpha value is -3.93. The average Bonchev–Trinajstić information content (AvgIpc) is 3.13. The van der Waals surface area contributed by atoms with Crippen LogP contribution in [-0.2, 0) is 9.59 Å². The molecule has 1 aliphatic heterocycles. The largest absolute Gasteiger partial charge is 0.507 e. The maximum absolute atomic E-state index is 13.3. The first-order valence-electron chi connectivity index (χ1n) is 11.8. The van der Waals surface area contributed by atoms with Gasteiger partial charge in [-0.25, -0.2) is 0 Å². The van der Waals surface area contributed by atoms with Gasteiger partial charge in [-0.1, -0.05) is 58.0 Å². The van der Waals surface area contributed by atoms with Crippen molar-refractivity contribution in [2.75, 3.05) is 11.5 Å². The molecule has 1 unspecified atom stereocenters. The smallest absolute Gasteiger partial charge is 0.300 e. The fourth-order valence-corrected chi connectivity index (χ4v) is 4.09. The highest BCUT2D eigenvalue weighted by Crippen LogP contribution is 2.42. The molecule has 2 heterocycles. The van der Waals surface area contributed by atoms with Gasteiger partial charge in [0.2, 0.25) is 0 Å². The number of nitrogens with zero attached hydrogens (tertiary/aromatic N) is 2. The predicted molar refractivity (Wildman–Crippen MR) is 136 cm³/mol. The van der Waals surface area contributed by atoms with E-state index in [0.29, 0.717) is 41.1 Å². The summed E-state index contributed by atoms with van der Waals surface area (Å²) in [6.45, 7) is 8.80. The van der Waals surface area contributed by atoms with Gasteiger partial charge in [0, 0.05) is 17.4 Å². The van der Waals surface area contributed by atoms with Crippen molar-refractivity contribution in [1.29, 1.82) is 0 Å². The van der Waals surface area contributed by atoms with Crippen LogP contribution in [-0.4, -0.2) is 28.4 Å². The number of ether oxygens (including phenoxy) is 1. The van der Waals surface area contributed by atoms with E-state index in [2.05, 4.69) is 18.8 Å². The molecule has 35 heavy (non-hydrogen) atoms. The molecular formula is C29H30N2O4. The van der Waals surface area contributed by atoms with Crippen molar-refractivity contribution >= 4 is 23.1 Å². The zero-order chi connectivity index (χ0) is 25.1. The van der Waals surface area contributed by atoms with Crippen LogP contribution in [0.5, 0.6) is 5.75 Å². The van der Waals surface area contributed by atoms with Crippen LogP contribution in [0.1, 0.15) is 56.5 Å². The number of carbonyl (C=O) groups is 2. The first-order valence-corrected chi connectivity index (χ1v) is 11.8. The van der Waals surface area contributed by atoms with Crippen LogP contribution in [0.25, 0.3) is 5.76 Å². The molecule has 0 bridgehead atoms. The molecule has 1 fully saturated rings. The van der Waals surface area contributed by atoms with Crippen LogP contribution in [0.4, 0.5) is 5.69 Å². The van der Waals surface area contributed by atoms with Crippen molar-refractivity contribution in [2.24, 2.45) is 5.92 Å². The van der Waals surface area contributed by atoms with Gasteiger partial charge < -0.3 is 9.84 Å². The summed E-state index contributed by atoms with van der Waals surface area (Å²) in [5, 5.41) is 11.3. The second-order valence-corrected chi connectivity index (χ2v) is 9.40. The van der Waals surface area contributed by atoms with Gasteiger partial charge in [0.1, 0.15) is 17.6 Å². The highest BCUT2D eigenvalue weighted by atomic mass is 16.5. The number of ketones is 1. The number of hydrogen-bond acceptors (Lipinski definition) is 5. The maximum Gasteiger partial charge on any atom is 0.300 e. The zero-order valence-corrected chi connectivity index (χ0v) is 20.4. The third-order valence-electron chi connectivity index (χ3n) is 5.94. The Kier molecular flexibility index (Phi) is 7.01. The summed E-state index contributed by atoms with van der Waals surface area (Å²) in [4.78, 5) is 32.4. The van der Waals surface area contributed by atoms with Crippen molar-refractivity contribution in [1.82, 2.24) is 4.98 Å². The van der Waals surface area contributed by atoms with E-state index in [1.807, 2.05) is 38.1 Å². The van der Waals surface area contributed by atoms with E-state index in [4.69, 9.17) is 4.74 Å². The maximum atomic E-state index is 13.3. The standard InChI is InChI=1S/C29H30N2O4/c1-18(2)17-35-23-9-7-8-21(16-23)27(32)25-26(24-10-5-6-15-30-24)31(29(34)28(25)33)22-13-11-20(12-14-22)19(3)4/h5-16,18-19,26,32H,17H2,1-4H3/b27-25-. The highest BCUT2D eigenvalue weighted by Gasteiger charge is 2.47. The van der Waals surface area contributed by atoms with Gasteiger partial charge in [-0.05, 0) is 53.8 Å². The molecule has 3 aromatic rings. The molecule has 2 aromatic carbocycles. The average molecular weight is 471 g/mol. The number of hydrogen-bond donors (Lipinski definition) is 1. The molecule has 1 atom stereocenters. The van der Waals surface area contributed by atoms with Crippen LogP contribution in [0, 0.1) is 5.92 Å². The van der Waals surface area contributed by atoms with Gasteiger partial charge >= 0.3 is 0 Å². The van der Waals surface area contributed by atoms with Gasteiger partial charge in [-0.15, -0.1) is 0 Å². The molecule has 1 saturated heterocycles. The number of benzene rings is 2. The van der Waals surface area contributed by atoms with E-state index in [0.717, 1.165) is 5.56 Å². The third kappa shape index (κ3) is 4.97. The first-order chi connectivity index (χ1) is 16.8. The molecule has 1 aliphatic rings. The summed E-state index contributed by atoms with van der Waals surface area (Å²) in [5.74, 6) is -0.461. The fourth-order valence-electron chi connectivity index (χ4n) is 4.09. The summed E-state index contributed by atoms with van der Waals surface area (Å²) in [6.07, 6.45) is 1.61. The molecule has 0 aliphatic carbocycles. The van der Waals surface area contributed by atoms with Crippen molar-refractivity contribution in [3.8, 4) is 5.75 Å². The molecule has 180 valence electrons. The quantitative estimate of drug-likeness (QED) is 0.266. The minimum atomic E-state index is -0.860. The van der Waals surface area contributed by atoms with Crippen LogP contribution < -0.4 is 9.64 Å². The summed E-state index contributed by atoms with van der Waals surface area (Å²) in [6, 6.07) is 18.9. The first kappa shape index (κ1) is 24.2. The number of carbonyl (C=O) groups excluding carboxylic acids is 2. The molecule has 0 radical (unpaired) electrons. The Morgan fingerprint density at radius 2 is 1.74 bits per heavy atom. The Morgan fingerprint density at radius 3 is 2.37 bits per heavy atom. The molecule has 0 saturated carbocycles. The van der Waals surface area contributed by atoms with Crippen molar-refractivity contribution in [2.45, 2.75) is 39.7 Å². The topological polar surface area (TPSA) is 79.7 Å². The number of Topliss-reactive ketones (excluding diaryl/α,β-unsaturated/α-hetero) is 1. The normalized spacial score (nSPS) is 17.4. The highest BCUT2D eigenvalue weighted by molar-refractivity contribution is 6.51. The van der Waals surface area contributed by atoms with Crippen molar-refractivity contribution in [3.05, 3.63) is 95.3 Å². The molecule has 6 heteroatoms. The lowest BCUT2D eigenvalue weighted by atomic mass is 9.97. The summed E-state index contributed by atoms with van der Waals surface area (Å²) >= 11 is 0. The fraction of sp³-hybridized carbons (Fsp3) is 0.276. The third-order valence-corrected chi connectivity index (χ3v) is 5.94. The van der Waals surface area contributed by atoms with Gasteiger partial charge in [-0.3, -0.25) is 19.5 Å². The van der Waals surface area contributed by atoms with E-state index in [-0.39, 0.29) is 11.3 Å². The molecule has 6 nitrogen and oxygen atoms in total. The van der Waals surface area contributed by atoms with Crippen LogP contribution in [0.15, 0.2) is 78.5 Å². The van der Waals surface area contributed by atoms with E-state index in [1.165, 1.54) is 4.90 Å². The van der Waals surface area contributed by atoms with Crippen molar-refractivity contribution in [3.63, 3.8) is 0 Å². The van der Waals surface area contributed by atoms with E-state index < -0.39 is 17.7 Å². The minimum absolute atomic E-state index is 0.00245. The minimum Gasteiger partial charge on any atom is -0.507 e. The second kappa shape index (κ2) is 10.1. The predicted octanol–water partition coefficient (Wildman–Crippen LogP) is 5.87. The van der Waals surface area contributed by atoms with E-state index in [1.54, 1.807) is 48.7 Å². The molecule has 1 amide bonds. The summed E-state index contributed by atoms with van der Waals surface area (Å²) < 4.78 is 5.79. The lowest BCUT2D eigenvalue weighted by molar-refractivity contribution is -0.132. The second-order valence-electron chi connectivity index (χ2n) is 9.40.